The molecule has 0 radical (unpaired) electrons. The van der Waals surface area contributed by atoms with Crippen molar-refractivity contribution in [3.05, 3.63) is 17.5 Å². The highest BCUT2D eigenvalue weighted by Crippen LogP contribution is 2.29. The van der Waals surface area contributed by atoms with Gasteiger partial charge in [0.25, 0.3) is 5.91 Å². The maximum Gasteiger partial charge on any atom is 0.433 e. The SMILES string of the molecule is Cc1cc(C(F)(F)F)nc(N2CCN(C(=O)[C@H](O)CC(C)C)CC2)n1. The van der Waals surface area contributed by atoms with Crippen molar-refractivity contribution < 1.29 is 23.1 Å². The maximum atomic E-state index is 12.9. The number of amides is 1. The van der Waals surface area contributed by atoms with Gasteiger partial charge in [-0.15, -0.1) is 0 Å². The number of aliphatic hydroxyl groups excluding tert-OH is 1. The van der Waals surface area contributed by atoms with Gasteiger partial charge in [0.1, 0.15) is 11.8 Å². The molecule has 1 aromatic heterocycles. The Bertz CT molecular complexity index is 614. The van der Waals surface area contributed by atoms with Crippen LogP contribution in [0.5, 0.6) is 0 Å². The predicted octanol–water partition coefficient (Wildman–Crippen LogP) is 1.86. The smallest absolute Gasteiger partial charge is 0.383 e. The fraction of sp³-hybridized carbons (Fsp3) is 0.688. The minimum atomic E-state index is -4.53. The summed E-state index contributed by atoms with van der Waals surface area (Å²) in [4.78, 5) is 23.0. The maximum absolute atomic E-state index is 12.9. The number of anilines is 1. The van der Waals surface area contributed by atoms with Crippen LogP contribution >= 0.6 is 0 Å². The Kier molecular flexibility index (Phi) is 5.87. The Morgan fingerprint density at radius 3 is 2.36 bits per heavy atom. The molecule has 0 aliphatic carbocycles. The molecule has 0 unspecified atom stereocenters. The van der Waals surface area contributed by atoms with Gasteiger partial charge in [0, 0.05) is 31.9 Å². The van der Waals surface area contributed by atoms with E-state index in [0.717, 1.165) is 6.07 Å². The van der Waals surface area contributed by atoms with Gasteiger partial charge in [-0.1, -0.05) is 13.8 Å². The molecule has 1 aliphatic rings. The van der Waals surface area contributed by atoms with Crippen molar-refractivity contribution in [3.63, 3.8) is 0 Å². The second kappa shape index (κ2) is 7.55. The second-order valence-corrected chi connectivity index (χ2v) is 6.65. The summed E-state index contributed by atoms with van der Waals surface area (Å²) < 4.78 is 38.7. The summed E-state index contributed by atoms with van der Waals surface area (Å²) in [5, 5.41) is 9.93. The first-order valence-electron chi connectivity index (χ1n) is 8.22. The second-order valence-electron chi connectivity index (χ2n) is 6.65. The molecule has 6 nitrogen and oxygen atoms in total. The average Bonchev–Trinajstić information content (AvgIpc) is 2.52. The van der Waals surface area contributed by atoms with Crippen molar-refractivity contribution >= 4 is 11.9 Å². The number of aromatic nitrogens is 2. The van der Waals surface area contributed by atoms with Crippen LogP contribution in [0.1, 0.15) is 31.7 Å². The largest absolute Gasteiger partial charge is 0.433 e. The molecule has 1 aliphatic heterocycles. The van der Waals surface area contributed by atoms with Crippen molar-refractivity contribution in [2.24, 2.45) is 5.92 Å². The van der Waals surface area contributed by atoms with Crippen LogP contribution in [0.25, 0.3) is 0 Å². The van der Waals surface area contributed by atoms with Crippen LogP contribution in [0.2, 0.25) is 0 Å². The molecule has 2 rings (SSSR count). The first-order chi connectivity index (χ1) is 11.6. The molecule has 25 heavy (non-hydrogen) atoms. The van der Waals surface area contributed by atoms with Gasteiger partial charge in [0.2, 0.25) is 5.95 Å². The molecule has 0 spiro atoms. The van der Waals surface area contributed by atoms with Gasteiger partial charge in [-0.2, -0.15) is 13.2 Å². The molecule has 1 saturated heterocycles. The fourth-order valence-electron chi connectivity index (χ4n) is 2.72. The summed E-state index contributed by atoms with van der Waals surface area (Å²) in [5.74, 6) is -0.127. The third-order valence-corrected chi connectivity index (χ3v) is 3.99. The van der Waals surface area contributed by atoms with E-state index in [-0.39, 0.29) is 23.5 Å². The van der Waals surface area contributed by atoms with E-state index in [4.69, 9.17) is 0 Å². The van der Waals surface area contributed by atoms with Gasteiger partial charge in [-0.05, 0) is 25.3 Å². The lowest BCUT2D eigenvalue weighted by Crippen LogP contribution is -2.52. The average molecular weight is 360 g/mol. The minimum Gasteiger partial charge on any atom is -0.383 e. The lowest BCUT2D eigenvalue weighted by molar-refractivity contribution is -0.141. The molecule has 0 aromatic carbocycles. The normalized spacial score (nSPS) is 17.1. The predicted molar refractivity (Wildman–Crippen MR) is 86.0 cm³/mol. The summed E-state index contributed by atoms with van der Waals surface area (Å²) in [6.07, 6.45) is -5.19. The number of hydrogen-bond donors (Lipinski definition) is 1. The number of aryl methyl sites for hydroxylation is 1. The van der Waals surface area contributed by atoms with E-state index in [1.807, 2.05) is 13.8 Å². The highest BCUT2D eigenvalue weighted by molar-refractivity contribution is 5.80. The number of carbonyl (C=O) groups is 1. The number of hydrogen-bond acceptors (Lipinski definition) is 5. The van der Waals surface area contributed by atoms with Gasteiger partial charge in [0.05, 0.1) is 0 Å². The van der Waals surface area contributed by atoms with E-state index >= 15 is 0 Å². The molecule has 1 aromatic rings. The lowest BCUT2D eigenvalue weighted by Gasteiger charge is -2.36. The van der Waals surface area contributed by atoms with E-state index in [0.29, 0.717) is 32.6 Å². The first kappa shape index (κ1) is 19.4. The zero-order valence-corrected chi connectivity index (χ0v) is 14.5. The molecule has 1 amide bonds. The summed E-state index contributed by atoms with van der Waals surface area (Å²) in [6.45, 7) is 6.59. The number of halogens is 3. The van der Waals surface area contributed by atoms with Crippen molar-refractivity contribution in [3.8, 4) is 0 Å². The Morgan fingerprint density at radius 1 is 1.24 bits per heavy atom. The van der Waals surface area contributed by atoms with Crippen LogP contribution in [0, 0.1) is 12.8 Å². The van der Waals surface area contributed by atoms with Crippen molar-refractivity contribution in [1.82, 2.24) is 14.9 Å². The van der Waals surface area contributed by atoms with E-state index in [9.17, 15) is 23.1 Å². The summed E-state index contributed by atoms with van der Waals surface area (Å²) in [7, 11) is 0. The summed E-state index contributed by atoms with van der Waals surface area (Å²) >= 11 is 0. The lowest BCUT2D eigenvalue weighted by atomic mass is 10.0. The molecule has 1 atom stereocenters. The van der Waals surface area contributed by atoms with Crippen LogP contribution in [0.4, 0.5) is 19.1 Å². The standard InChI is InChI=1S/C16H23F3N4O2/c1-10(2)8-12(24)14(25)22-4-6-23(7-5-22)15-20-11(3)9-13(21-15)16(17,18)19/h9-10,12,24H,4-8H2,1-3H3/t12-/m1/s1. The Balaban J connectivity index is 2.03. The first-order valence-corrected chi connectivity index (χ1v) is 8.22. The van der Waals surface area contributed by atoms with Crippen molar-refractivity contribution in [2.45, 2.75) is 39.5 Å². The van der Waals surface area contributed by atoms with E-state index in [2.05, 4.69) is 9.97 Å². The van der Waals surface area contributed by atoms with Crippen LogP contribution in [-0.2, 0) is 11.0 Å². The van der Waals surface area contributed by atoms with Gasteiger partial charge in [-0.25, -0.2) is 9.97 Å². The Labute approximate surface area is 144 Å². The fourth-order valence-corrected chi connectivity index (χ4v) is 2.72. The van der Waals surface area contributed by atoms with E-state index in [1.54, 1.807) is 4.90 Å². The molecule has 1 fully saturated rings. The molecular formula is C16H23F3N4O2. The number of nitrogens with zero attached hydrogens (tertiary/aromatic N) is 4. The topological polar surface area (TPSA) is 69.6 Å². The third kappa shape index (κ3) is 5.04. The zero-order chi connectivity index (χ0) is 18.8. The van der Waals surface area contributed by atoms with Crippen molar-refractivity contribution in [1.29, 1.82) is 0 Å². The highest BCUT2D eigenvalue weighted by atomic mass is 19.4. The number of aliphatic hydroxyl groups is 1. The molecule has 2 heterocycles. The highest BCUT2D eigenvalue weighted by Gasteiger charge is 2.34. The minimum absolute atomic E-state index is 0.0159. The third-order valence-electron chi connectivity index (χ3n) is 3.99. The summed E-state index contributed by atoms with van der Waals surface area (Å²) in [5.41, 5.74) is -0.732. The zero-order valence-electron chi connectivity index (χ0n) is 14.5. The van der Waals surface area contributed by atoms with Crippen LogP contribution in [0.15, 0.2) is 6.07 Å². The number of rotatable bonds is 4. The quantitative estimate of drug-likeness (QED) is 0.888. The van der Waals surface area contributed by atoms with Gasteiger partial charge in [-0.3, -0.25) is 4.79 Å². The monoisotopic (exact) mass is 360 g/mol. The van der Waals surface area contributed by atoms with Crippen molar-refractivity contribution in [2.75, 3.05) is 31.1 Å². The molecular weight excluding hydrogens is 337 g/mol. The number of carbonyl (C=O) groups excluding carboxylic acids is 1. The molecule has 140 valence electrons. The van der Waals surface area contributed by atoms with Gasteiger partial charge < -0.3 is 14.9 Å². The number of alkyl halides is 3. The van der Waals surface area contributed by atoms with Gasteiger partial charge in [0.15, 0.2) is 0 Å². The molecule has 1 N–H and O–H groups in total. The number of piperazine rings is 1. The van der Waals surface area contributed by atoms with Crippen LogP contribution in [-0.4, -0.2) is 58.2 Å². The van der Waals surface area contributed by atoms with Gasteiger partial charge >= 0.3 is 6.18 Å². The Morgan fingerprint density at radius 2 is 1.84 bits per heavy atom. The molecule has 9 heteroatoms. The van der Waals surface area contributed by atoms with E-state index < -0.39 is 18.0 Å². The molecule has 0 bridgehead atoms. The van der Waals surface area contributed by atoms with Crippen LogP contribution < -0.4 is 4.90 Å². The summed E-state index contributed by atoms with van der Waals surface area (Å²) in [6, 6.07) is 0.908. The van der Waals surface area contributed by atoms with Crippen LogP contribution in [0.3, 0.4) is 0 Å². The molecule has 0 saturated carbocycles. The Hall–Kier alpha value is -1.90. The van der Waals surface area contributed by atoms with E-state index in [1.165, 1.54) is 11.8 Å².